The molecule has 1 heterocycles. The molecule has 9 heteroatoms. The fraction of sp³-hybridized carbons (Fsp3) is 0.333. The topological polar surface area (TPSA) is 85.0 Å². The van der Waals surface area contributed by atoms with E-state index >= 15 is 0 Å². The van der Waals surface area contributed by atoms with Crippen LogP contribution in [-0.2, 0) is 16.6 Å². The molecule has 0 spiro atoms. The second kappa shape index (κ2) is 7.93. The number of halogens is 1. The highest BCUT2D eigenvalue weighted by Gasteiger charge is 2.32. The van der Waals surface area contributed by atoms with E-state index in [1.165, 1.54) is 32.5 Å². The van der Waals surface area contributed by atoms with Crippen molar-refractivity contribution in [3.63, 3.8) is 0 Å². The normalized spacial score (nSPS) is 16.4. The van der Waals surface area contributed by atoms with Gasteiger partial charge in [0.05, 0.1) is 36.0 Å². The third kappa shape index (κ3) is 4.30. The summed E-state index contributed by atoms with van der Waals surface area (Å²) < 4.78 is 27.1. The summed E-state index contributed by atoms with van der Waals surface area (Å²) >= 11 is 5.78. The average Bonchev–Trinajstić information content (AvgIpc) is 2.64. The smallest absolute Gasteiger partial charge is 0.289 e. The Hall–Kier alpha value is -2.00. The van der Waals surface area contributed by atoms with E-state index in [2.05, 4.69) is 19.1 Å². The minimum atomic E-state index is -3.78. The van der Waals surface area contributed by atoms with Crippen LogP contribution in [0.3, 0.4) is 0 Å². The van der Waals surface area contributed by atoms with Crippen molar-refractivity contribution in [2.45, 2.75) is 18.4 Å². The van der Waals surface area contributed by atoms with Gasteiger partial charge in [0.15, 0.2) is 0 Å². The Morgan fingerprint density at radius 1 is 1.19 bits per heavy atom. The number of hydrogen-bond acceptors (Lipinski definition) is 4. The van der Waals surface area contributed by atoms with Crippen LogP contribution in [0.25, 0.3) is 0 Å². The molecule has 0 unspecified atom stereocenters. The average molecular weight is 411 g/mol. The van der Waals surface area contributed by atoms with Crippen LogP contribution < -0.4 is 4.90 Å². The summed E-state index contributed by atoms with van der Waals surface area (Å²) in [6, 6.07) is 11.8. The van der Waals surface area contributed by atoms with Gasteiger partial charge < -0.3 is 4.90 Å². The Morgan fingerprint density at radius 2 is 1.85 bits per heavy atom. The fourth-order valence-corrected chi connectivity index (χ4v) is 4.89. The summed E-state index contributed by atoms with van der Waals surface area (Å²) in [5.74, 6) is 0. The number of hydrogen-bond donors (Lipinski definition) is 1. The number of sulfonamides is 1. The second-order valence-corrected chi connectivity index (χ2v) is 8.97. The number of piperazine rings is 1. The van der Waals surface area contributed by atoms with Crippen LogP contribution in [0.5, 0.6) is 0 Å². The molecule has 2 aromatic rings. The molecule has 3 rings (SSSR count). The zero-order valence-electron chi connectivity index (χ0n) is 14.9. The highest BCUT2D eigenvalue weighted by molar-refractivity contribution is 7.89. The molecule has 0 radical (unpaired) electrons. The van der Waals surface area contributed by atoms with Crippen molar-refractivity contribution in [3.05, 3.63) is 68.7 Å². The molecular formula is C18H21ClN3O4S+. The van der Waals surface area contributed by atoms with Crippen LogP contribution in [0.15, 0.2) is 47.4 Å². The van der Waals surface area contributed by atoms with Gasteiger partial charge in [0, 0.05) is 11.6 Å². The number of benzene rings is 2. The summed E-state index contributed by atoms with van der Waals surface area (Å²) in [5.41, 5.74) is 2.09. The lowest BCUT2D eigenvalue weighted by atomic mass is 10.1. The zero-order valence-corrected chi connectivity index (χ0v) is 16.5. The van der Waals surface area contributed by atoms with Crippen LogP contribution >= 0.6 is 11.6 Å². The first kappa shape index (κ1) is 19.8. The largest absolute Gasteiger partial charge is 0.329 e. The van der Waals surface area contributed by atoms with Crippen molar-refractivity contribution < 1.29 is 18.2 Å². The van der Waals surface area contributed by atoms with E-state index in [0.717, 1.165) is 12.6 Å². The molecule has 0 aliphatic carbocycles. The van der Waals surface area contributed by atoms with Crippen LogP contribution in [-0.4, -0.2) is 43.8 Å². The molecule has 7 nitrogen and oxygen atoms in total. The van der Waals surface area contributed by atoms with Gasteiger partial charge in [-0.05, 0) is 24.6 Å². The molecular weight excluding hydrogens is 390 g/mol. The summed E-state index contributed by atoms with van der Waals surface area (Å²) in [6.07, 6.45) is 0. The lowest BCUT2D eigenvalue weighted by Gasteiger charge is -2.31. The monoisotopic (exact) mass is 410 g/mol. The summed E-state index contributed by atoms with van der Waals surface area (Å²) in [4.78, 5) is 11.6. The van der Waals surface area contributed by atoms with Crippen molar-refractivity contribution in [1.82, 2.24) is 4.31 Å². The minimum absolute atomic E-state index is 0.0774. The molecule has 1 N–H and O–H groups in total. The summed E-state index contributed by atoms with van der Waals surface area (Å²) in [7, 11) is -3.78. The molecule has 0 saturated carbocycles. The number of nitro groups is 1. The Bertz CT molecular complexity index is 957. The van der Waals surface area contributed by atoms with E-state index in [1.54, 1.807) is 0 Å². The fourth-order valence-electron chi connectivity index (χ4n) is 3.24. The lowest BCUT2D eigenvalue weighted by molar-refractivity contribution is -0.917. The molecule has 0 amide bonds. The highest BCUT2D eigenvalue weighted by atomic mass is 35.5. The maximum absolute atomic E-state index is 12.8. The maximum Gasteiger partial charge on any atom is 0.289 e. The van der Waals surface area contributed by atoms with Gasteiger partial charge in [-0.2, -0.15) is 4.31 Å². The predicted octanol–water partition coefficient (Wildman–Crippen LogP) is 1.65. The minimum Gasteiger partial charge on any atom is -0.329 e. The molecule has 1 saturated heterocycles. The molecule has 144 valence electrons. The summed E-state index contributed by atoms with van der Waals surface area (Å²) in [5, 5.41) is 11.0. The van der Waals surface area contributed by atoms with Crippen molar-refractivity contribution in [1.29, 1.82) is 0 Å². The van der Waals surface area contributed by atoms with Gasteiger partial charge in [-0.1, -0.05) is 35.9 Å². The van der Waals surface area contributed by atoms with Gasteiger partial charge in [0.1, 0.15) is 11.6 Å². The van der Waals surface area contributed by atoms with Gasteiger partial charge in [0.2, 0.25) is 10.0 Å². The molecule has 1 aliphatic rings. The van der Waals surface area contributed by atoms with Crippen molar-refractivity contribution in [3.8, 4) is 0 Å². The third-order valence-corrected chi connectivity index (χ3v) is 7.10. The van der Waals surface area contributed by atoms with Crippen molar-refractivity contribution in [2.75, 3.05) is 26.2 Å². The van der Waals surface area contributed by atoms with Crippen molar-refractivity contribution in [2.24, 2.45) is 0 Å². The number of aryl methyl sites for hydroxylation is 1. The molecule has 0 atom stereocenters. The number of nitrogens with one attached hydrogen (secondary N) is 1. The maximum atomic E-state index is 12.8. The first-order chi connectivity index (χ1) is 12.8. The first-order valence-corrected chi connectivity index (χ1v) is 10.4. The van der Waals surface area contributed by atoms with E-state index in [9.17, 15) is 18.5 Å². The quantitative estimate of drug-likeness (QED) is 0.600. The van der Waals surface area contributed by atoms with Crippen LogP contribution in [0.2, 0.25) is 5.02 Å². The van der Waals surface area contributed by atoms with Gasteiger partial charge in [0.25, 0.3) is 5.69 Å². The molecule has 27 heavy (non-hydrogen) atoms. The van der Waals surface area contributed by atoms with E-state index in [1.807, 2.05) is 12.1 Å². The lowest BCUT2D eigenvalue weighted by Crippen LogP contribution is -3.13. The molecule has 0 bridgehead atoms. The molecule has 0 aromatic heterocycles. The van der Waals surface area contributed by atoms with Gasteiger partial charge in [-0.25, -0.2) is 8.42 Å². The van der Waals surface area contributed by atoms with Crippen LogP contribution in [0, 0.1) is 17.0 Å². The van der Waals surface area contributed by atoms with E-state index in [0.29, 0.717) is 26.2 Å². The van der Waals surface area contributed by atoms with E-state index in [-0.39, 0.29) is 9.92 Å². The number of nitro benzene ring substituents is 1. The van der Waals surface area contributed by atoms with E-state index < -0.39 is 20.6 Å². The second-order valence-electron chi connectivity index (χ2n) is 6.63. The van der Waals surface area contributed by atoms with Gasteiger partial charge >= 0.3 is 0 Å². The first-order valence-electron chi connectivity index (χ1n) is 8.61. The Balaban J connectivity index is 1.71. The highest BCUT2D eigenvalue weighted by Crippen LogP contribution is 2.28. The number of rotatable bonds is 5. The SMILES string of the molecule is Cc1ccccc1C[NH+]1CCN(S(=O)(=O)c2ccc(Cl)c([N+](=O)[O-])c2)CC1. The molecule has 2 aromatic carbocycles. The van der Waals surface area contributed by atoms with Gasteiger partial charge in [-0.3, -0.25) is 10.1 Å². The third-order valence-electron chi connectivity index (χ3n) is 4.88. The zero-order chi connectivity index (χ0) is 19.6. The Morgan fingerprint density at radius 3 is 2.48 bits per heavy atom. The van der Waals surface area contributed by atoms with Crippen LogP contribution in [0.4, 0.5) is 5.69 Å². The molecule has 1 fully saturated rings. The Labute approximate surface area is 163 Å². The molecule has 1 aliphatic heterocycles. The number of quaternary nitrogens is 1. The van der Waals surface area contributed by atoms with E-state index in [4.69, 9.17) is 11.6 Å². The van der Waals surface area contributed by atoms with Gasteiger partial charge in [-0.15, -0.1) is 0 Å². The van der Waals surface area contributed by atoms with Crippen LogP contribution in [0.1, 0.15) is 11.1 Å². The number of nitrogens with zero attached hydrogens (tertiary/aromatic N) is 2. The predicted molar refractivity (Wildman–Crippen MR) is 102 cm³/mol. The standard InChI is InChI=1S/C18H20ClN3O4S/c1-14-4-2-3-5-15(14)13-20-8-10-21(11-9-20)27(25,26)16-6-7-17(19)18(12-16)22(23)24/h2-7,12H,8-11,13H2,1H3/p+1. The summed E-state index contributed by atoms with van der Waals surface area (Å²) in [6.45, 7) is 5.04. The van der Waals surface area contributed by atoms with Crippen molar-refractivity contribution >= 4 is 27.3 Å². The Kier molecular flexibility index (Phi) is 5.81.